The van der Waals surface area contributed by atoms with Gasteiger partial charge in [0.15, 0.2) is 0 Å². The Balaban J connectivity index is 2.12. The zero-order valence-electron chi connectivity index (χ0n) is 15.7. The van der Waals surface area contributed by atoms with Crippen LogP contribution in [0, 0.1) is 5.92 Å². The number of carbonyl (C=O) groups excluding carboxylic acids is 3. The van der Waals surface area contributed by atoms with Crippen LogP contribution in [0.3, 0.4) is 0 Å². The van der Waals surface area contributed by atoms with E-state index in [2.05, 4.69) is 5.32 Å². The number of nitrogens with one attached hydrogen (secondary N) is 1. The molecule has 1 N–H and O–H groups in total. The second kappa shape index (κ2) is 8.31. The number of ether oxygens (including phenoxy) is 2. The molecule has 1 aliphatic rings. The lowest BCUT2D eigenvalue weighted by Gasteiger charge is -2.24. The number of para-hydroxylation sites is 1. The molecule has 1 unspecified atom stereocenters. The number of methoxy groups -OCH3 is 1. The van der Waals surface area contributed by atoms with Gasteiger partial charge >= 0.3 is 17.8 Å². The van der Waals surface area contributed by atoms with Gasteiger partial charge in [-0.05, 0) is 17.0 Å². The summed E-state index contributed by atoms with van der Waals surface area (Å²) in [5.74, 6) is -2.47. The second-order valence-electron chi connectivity index (χ2n) is 7.30. The molecule has 1 atom stereocenters. The molecule has 0 aliphatic carbocycles. The van der Waals surface area contributed by atoms with Gasteiger partial charge in [-0.2, -0.15) is 0 Å². The van der Waals surface area contributed by atoms with E-state index in [4.69, 9.17) is 9.47 Å². The molecule has 2 rings (SSSR count). The fraction of sp³-hybridized carbons (Fsp3) is 0.526. The van der Waals surface area contributed by atoms with Crippen LogP contribution in [0.2, 0.25) is 0 Å². The molecular weight excluding hydrogens is 336 g/mol. The lowest BCUT2D eigenvalue weighted by molar-refractivity contribution is -0.149. The largest absolute Gasteiger partial charge is 0.469 e. The van der Waals surface area contributed by atoms with Crippen LogP contribution in [-0.2, 0) is 29.3 Å². The van der Waals surface area contributed by atoms with Crippen molar-refractivity contribution < 1.29 is 23.9 Å². The van der Waals surface area contributed by atoms with Gasteiger partial charge in [-0.1, -0.05) is 39.0 Å². The van der Waals surface area contributed by atoms with Crippen LogP contribution in [0.4, 0.5) is 5.69 Å². The minimum atomic E-state index is -0.729. The fourth-order valence-corrected chi connectivity index (χ4v) is 2.87. The monoisotopic (exact) mass is 362 g/mol. The maximum absolute atomic E-state index is 12.6. The molecule has 1 aromatic rings. The average Bonchev–Trinajstić information content (AvgIpc) is 2.86. The first-order valence-corrected chi connectivity index (χ1v) is 8.59. The van der Waals surface area contributed by atoms with Crippen LogP contribution in [0.25, 0.3) is 0 Å². The van der Waals surface area contributed by atoms with E-state index in [1.165, 1.54) is 12.0 Å². The lowest BCUT2D eigenvalue weighted by atomic mass is 9.86. The standard InChI is InChI=1S/C19H26N2O5/c1-19(2,3)14-7-5-6-8-15(14)20-16(22)17(23)21-9-10-26-12-13(11-21)18(24)25-4/h5-8,13H,9-12H2,1-4H3,(H,20,22). The van der Waals surface area contributed by atoms with E-state index in [9.17, 15) is 14.4 Å². The smallest absolute Gasteiger partial charge is 0.313 e. The van der Waals surface area contributed by atoms with Gasteiger partial charge in [-0.15, -0.1) is 0 Å². The van der Waals surface area contributed by atoms with Gasteiger partial charge in [0.2, 0.25) is 0 Å². The number of amides is 2. The predicted molar refractivity (Wildman–Crippen MR) is 96.7 cm³/mol. The van der Waals surface area contributed by atoms with E-state index >= 15 is 0 Å². The van der Waals surface area contributed by atoms with E-state index in [0.29, 0.717) is 5.69 Å². The first kappa shape index (κ1) is 19.9. The van der Waals surface area contributed by atoms with E-state index in [0.717, 1.165) is 5.56 Å². The molecule has 142 valence electrons. The minimum absolute atomic E-state index is 0.0971. The highest BCUT2D eigenvalue weighted by atomic mass is 16.5. The number of anilines is 1. The van der Waals surface area contributed by atoms with Crippen molar-refractivity contribution in [2.45, 2.75) is 26.2 Å². The van der Waals surface area contributed by atoms with Crippen LogP contribution in [0.1, 0.15) is 26.3 Å². The molecule has 0 radical (unpaired) electrons. The number of hydrogen-bond acceptors (Lipinski definition) is 5. The van der Waals surface area contributed by atoms with Gasteiger partial charge in [0.05, 0.1) is 26.2 Å². The first-order valence-electron chi connectivity index (χ1n) is 8.59. The van der Waals surface area contributed by atoms with E-state index in [1.807, 2.05) is 39.0 Å². The van der Waals surface area contributed by atoms with Crippen molar-refractivity contribution in [2.24, 2.45) is 5.92 Å². The summed E-state index contributed by atoms with van der Waals surface area (Å²) in [6, 6.07) is 7.40. The summed E-state index contributed by atoms with van der Waals surface area (Å²) in [4.78, 5) is 38.2. The number of benzene rings is 1. The summed E-state index contributed by atoms with van der Waals surface area (Å²) < 4.78 is 10.1. The topological polar surface area (TPSA) is 84.9 Å². The number of carbonyl (C=O) groups is 3. The van der Waals surface area contributed by atoms with E-state index < -0.39 is 23.7 Å². The summed E-state index contributed by atoms with van der Waals surface area (Å²) in [6.45, 7) is 6.89. The van der Waals surface area contributed by atoms with Crippen molar-refractivity contribution in [1.29, 1.82) is 0 Å². The predicted octanol–water partition coefficient (Wildman–Crippen LogP) is 1.57. The van der Waals surface area contributed by atoms with Crippen LogP contribution in [-0.4, -0.2) is 56.1 Å². The number of nitrogens with zero attached hydrogens (tertiary/aromatic N) is 1. The van der Waals surface area contributed by atoms with Crippen LogP contribution >= 0.6 is 0 Å². The summed E-state index contributed by atoms with van der Waals surface area (Å²) >= 11 is 0. The Morgan fingerprint density at radius 1 is 1.23 bits per heavy atom. The molecule has 1 saturated heterocycles. The van der Waals surface area contributed by atoms with Gasteiger partial charge in [0, 0.05) is 18.8 Å². The van der Waals surface area contributed by atoms with Crippen molar-refractivity contribution in [2.75, 3.05) is 38.7 Å². The number of esters is 1. The average molecular weight is 362 g/mol. The number of rotatable bonds is 2. The Morgan fingerprint density at radius 3 is 2.58 bits per heavy atom. The molecule has 0 spiro atoms. The Labute approximate surface area is 153 Å². The van der Waals surface area contributed by atoms with E-state index in [-0.39, 0.29) is 31.7 Å². The van der Waals surface area contributed by atoms with Gasteiger partial charge in [-0.3, -0.25) is 14.4 Å². The Bertz CT molecular complexity index is 681. The molecule has 2 amide bonds. The third-order valence-electron chi connectivity index (χ3n) is 4.26. The molecule has 0 bridgehead atoms. The zero-order chi connectivity index (χ0) is 19.3. The summed E-state index contributed by atoms with van der Waals surface area (Å²) in [5.41, 5.74) is 1.36. The van der Waals surface area contributed by atoms with Crippen molar-refractivity contribution in [1.82, 2.24) is 4.90 Å². The Kier molecular flexibility index (Phi) is 6.37. The van der Waals surface area contributed by atoms with E-state index in [1.54, 1.807) is 6.07 Å². The van der Waals surface area contributed by atoms with Crippen molar-refractivity contribution in [3.8, 4) is 0 Å². The Hall–Kier alpha value is -2.41. The SMILES string of the molecule is COC(=O)C1COCCN(C(=O)C(=O)Nc2ccccc2C(C)(C)C)C1. The summed E-state index contributed by atoms with van der Waals surface area (Å²) in [5, 5.41) is 2.71. The first-order chi connectivity index (χ1) is 12.2. The molecule has 0 aromatic heterocycles. The Morgan fingerprint density at radius 2 is 1.92 bits per heavy atom. The maximum atomic E-state index is 12.6. The van der Waals surface area contributed by atoms with Gasteiger partial charge in [0.1, 0.15) is 0 Å². The third kappa shape index (κ3) is 4.82. The highest BCUT2D eigenvalue weighted by Gasteiger charge is 2.31. The highest BCUT2D eigenvalue weighted by molar-refractivity contribution is 6.39. The van der Waals surface area contributed by atoms with Crippen LogP contribution in [0.5, 0.6) is 0 Å². The highest BCUT2D eigenvalue weighted by Crippen LogP contribution is 2.29. The van der Waals surface area contributed by atoms with Crippen LogP contribution in [0.15, 0.2) is 24.3 Å². The van der Waals surface area contributed by atoms with Crippen molar-refractivity contribution >= 4 is 23.5 Å². The third-order valence-corrected chi connectivity index (χ3v) is 4.26. The lowest BCUT2D eigenvalue weighted by Crippen LogP contribution is -2.44. The zero-order valence-corrected chi connectivity index (χ0v) is 15.7. The summed E-state index contributed by atoms with van der Waals surface area (Å²) in [6.07, 6.45) is 0. The molecule has 0 saturated carbocycles. The van der Waals surface area contributed by atoms with Crippen molar-refractivity contribution in [3.63, 3.8) is 0 Å². The quantitative estimate of drug-likeness (QED) is 0.638. The maximum Gasteiger partial charge on any atom is 0.313 e. The van der Waals surface area contributed by atoms with Gasteiger partial charge < -0.3 is 19.7 Å². The molecule has 26 heavy (non-hydrogen) atoms. The molecule has 1 aliphatic heterocycles. The van der Waals surface area contributed by atoms with Crippen LogP contribution < -0.4 is 5.32 Å². The molecule has 1 heterocycles. The fourth-order valence-electron chi connectivity index (χ4n) is 2.87. The van der Waals surface area contributed by atoms with Gasteiger partial charge in [0.25, 0.3) is 0 Å². The molecule has 1 fully saturated rings. The molecule has 1 aromatic carbocycles. The molecular formula is C19H26N2O5. The molecule has 7 heteroatoms. The van der Waals surface area contributed by atoms with Crippen molar-refractivity contribution in [3.05, 3.63) is 29.8 Å². The number of hydrogen-bond donors (Lipinski definition) is 1. The van der Waals surface area contributed by atoms with Gasteiger partial charge in [-0.25, -0.2) is 0 Å². The second-order valence-corrected chi connectivity index (χ2v) is 7.30. The normalized spacial score (nSPS) is 18.0. The minimum Gasteiger partial charge on any atom is -0.469 e. The summed E-state index contributed by atoms with van der Waals surface area (Å²) in [7, 11) is 1.29. The molecule has 7 nitrogen and oxygen atoms in total.